The van der Waals surface area contributed by atoms with Gasteiger partial charge in [0.15, 0.2) is 0 Å². The van der Waals surface area contributed by atoms with Crippen molar-refractivity contribution in [3.63, 3.8) is 0 Å². The Balaban J connectivity index is 1.36. The first-order valence-corrected chi connectivity index (χ1v) is 11.2. The van der Waals surface area contributed by atoms with E-state index in [-0.39, 0.29) is 30.3 Å². The number of benzene rings is 2. The molecule has 0 aliphatic heterocycles. The highest BCUT2D eigenvalue weighted by atomic mass is 16.5. The molecule has 1 amide bonds. The molecule has 2 fully saturated rings. The Morgan fingerprint density at radius 1 is 1.00 bits per heavy atom. The Morgan fingerprint density at radius 2 is 1.58 bits per heavy atom. The van der Waals surface area contributed by atoms with Crippen LogP contribution in [-0.4, -0.2) is 29.3 Å². The van der Waals surface area contributed by atoms with Crippen molar-refractivity contribution >= 4 is 12.1 Å². The van der Waals surface area contributed by atoms with Gasteiger partial charge in [-0.1, -0.05) is 62.4 Å². The van der Waals surface area contributed by atoms with Gasteiger partial charge in [-0.3, -0.25) is 4.79 Å². The zero-order chi connectivity index (χ0) is 21.8. The quantitative estimate of drug-likeness (QED) is 0.699. The molecule has 162 valence electrons. The number of aliphatic carboxylic acids is 1. The fourth-order valence-corrected chi connectivity index (χ4v) is 6.71. The van der Waals surface area contributed by atoms with E-state index >= 15 is 0 Å². The summed E-state index contributed by atoms with van der Waals surface area (Å²) in [6, 6.07) is 16.5. The van der Waals surface area contributed by atoms with Crippen molar-refractivity contribution in [2.75, 3.05) is 6.61 Å². The van der Waals surface area contributed by atoms with E-state index in [2.05, 4.69) is 43.4 Å². The highest BCUT2D eigenvalue weighted by Crippen LogP contribution is 2.62. The monoisotopic (exact) mass is 419 g/mol. The Hall–Kier alpha value is -2.82. The van der Waals surface area contributed by atoms with Crippen LogP contribution >= 0.6 is 0 Å². The van der Waals surface area contributed by atoms with Crippen molar-refractivity contribution in [3.8, 4) is 11.1 Å². The Labute approximate surface area is 182 Å². The molecule has 5 rings (SSSR count). The summed E-state index contributed by atoms with van der Waals surface area (Å²) in [7, 11) is 0. The highest BCUT2D eigenvalue weighted by Gasteiger charge is 2.64. The third-order valence-electron chi connectivity index (χ3n) is 8.40. The molecule has 2 saturated carbocycles. The van der Waals surface area contributed by atoms with Crippen LogP contribution in [0.15, 0.2) is 48.5 Å². The molecule has 0 unspecified atom stereocenters. The lowest BCUT2D eigenvalue weighted by molar-refractivity contribution is -0.141. The number of alkyl carbamates (subject to hydrolysis) is 1. The van der Waals surface area contributed by atoms with Gasteiger partial charge in [0.2, 0.25) is 0 Å². The first kappa shape index (κ1) is 20.1. The number of carboxylic acids is 1. The first-order valence-electron chi connectivity index (χ1n) is 11.2. The summed E-state index contributed by atoms with van der Waals surface area (Å²) < 4.78 is 5.77. The summed E-state index contributed by atoms with van der Waals surface area (Å²) in [5, 5.41) is 12.7. The van der Waals surface area contributed by atoms with E-state index in [1.807, 2.05) is 24.3 Å². The molecule has 5 nitrogen and oxygen atoms in total. The standard InChI is InChI=1S/C26H29NO4/c1-25(2)16-11-12-17(13-16)26(25,14-23(28)29)27-24(30)31-15-22-20-9-5-3-7-18(20)19-8-4-6-10-21(19)22/h3-10,16-17,22H,11-15H2,1-2H3,(H,27,30)(H,28,29)/t16-,17+,26-/m0/s1. The van der Waals surface area contributed by atoms with Gasteiger partial charge in [-0.2, -0.15) is 0 Å². The number of carboxylic acid groups (broad SMARTS) is 1. The Kier molecular flexibility index (Phi) is 4.61. The zero-order valence-electron chi connectivity index (χ0n) is 18.1. The number of rotatable bonds is 5. The minimum absolute atomic E-state index is 0.0124. The van der Waals surface area contributed by atoms with Crippen molar-refractivity contribution in [2.24, 2.45) is 17.3 Å². The molecule has 3 aliphatic carbocycles. The lowest BCUT2D eigenvalue weighted by Gasteiger charge is -2.49. The van der Waals surface area contributed by atoms with E-state index in [9.17, 15) is 14.7 Å². The summed E-state index contributed by atoms with van der Waals surface area (Å²) in [5.41, 5.74) is 3.66. The van der Waals surface area contributed by atoms with Crippen LogP contribution in [0.4, 0.5) is 4.79 Å². The van der Waals surface area contributed by atoms with Crippen molar-refractivity contribution in [1.82, 2.24) is 5.32 Å². The molecule has 0 heterocycles. The molecule has 0 aromatic heterocycles. The van der Waals surface area contributed by atoms with Gasteiger partial charge >= 0.3 is 12.1 Å². The van der Waals surface area contributed by atoms with E-state index < -0.39 is 17.6 Å². The second-order valence-electron chi connectivity index (χ2n) is 9.92. The van der Waals surface area contributed by atoms with Crippen molar-refractivity contribution in [3.05, 3.63) is 59.7 Å². The molecule has 2 bridgehead atoms. The third-order valence-corrected chi connectivity index (χ3v) is 8.40. The SMILES string of the molecule is CC1(C)[C@H]2CC[C@H](C2)[C@]1(CC(=O)O)NC(=O)OCC1c2ccccc2-c2ccccc21. The van der Waals surface area contributed by atoms with Crippen LogP contribution in [0.1, 0.15) is 56.6 Å². The van der Waals surface area contributed by atoms with Gasteiger partial charge in [0.1, 0.15) is 6.61 Å². The number of nitrogens with one attached hydrogen (secondary N) is 1. The van der Waals surface area contributed by atoms with Crippen LogP contribution in [0.25, 0.3) is 11.1 Å². The Bertz CT molecular complexity index is 1000. The minimum atomic E-state index is -0.875. The number of amides is 1. The summed E-state index contributed by atoms with van der Waals surface area (Å²) >= 11 is 0. The molecule has 5 heteroatoms. The van der Waals surface area contributed by atoms with Crippen molar-refractivity contribution in [2.45, 2.75) is 51.0 Å². The van der Waals surface area contributed by atoms with E-state index in [1.54, 1.807) is 0 Å². The lowest BCUT2D eigenvalue weighted by atomic mass is 9.61. The molecule has 3 aliphatic rings. The van der Waals surface area contributed by atoms with E-state index in [4.69, 9.17) is 4.74 Å². The molecule has 3 atom stereocenters. The normalized spacial score (nSPS) is 27.5. The number of carbonyl (C=O) groups excluding carboxylic acids is 1. The Morgan fingerprint density at radius 3 is 2.13 bits per heavy atom. The van der Waals surface area contributed by atoms with Gasteiger partial charge in [0.05, 0.1) is 12.0 Å². The van der Waals surface area contributed by atoms with Crippen molar-refractivity contribution < 1.29 is 19.4 Å². The zero-order valence-corrected chi connectivity index (χ0v) is 18.1. The maximum atomic E-state index is 13.0. The van der Waals surface area contributed by atoms with E-state index in [0.29, 0.717) is 5.92 Å². The fraction of sp³-hybridized carbons (Fsp3) is 0.462. The molecular formula is C26H29NO4. The van der Waals surface area contributed by atoms with Gasteiger partial charge in [0, 0.05) is 5.92 Å². The van der Waals surface area contributed by atoms with Crippen molar-refractivity contribution in [1.29, 1.82) is 0 Å². The maximum Gasteiger partial charge on any atom is 0.407 e. The minimum Gasteiger partial charge on any atom is -0.481 e. The summed E-state index contributed by atoms with van der Waals surface area (Å²) in [5.74, 6) is -0.268. The maximum absolute atomic E-state index is 13.0. The van der Waals surface area contributed by atoms with Crippen LogP contribution < -0.4 is 5.32 Å². The number of hydrogen-bond donors (Lipinski definition) is 2. The van der Waals surface area contributed by atoms with Gasteiger partial charge in [-0.25, -0.2) is 4.79 Å². The second-order valence-corrected chi connectivity index (χ2v) is 9.92. The molecule has 2 aromatic carbocycles. The number of fused-ring (bicyclic) bond motifs is 5. The predicted molar refractivity (Wildman–Crippen MR) is 118 cm³/mol. The first-order chi connectivity index (χ1) is 14.8. The summed E-state index contributed by atoms with van der Waals surface area (Å²) in [6.07, 6.45) is 2.47. The average molecular weight is 420 g/mol. The number of ether oxygens (including phenoxy) is 1. The van der Waals surface area contributed by atoms with Crippen LogP contribution in [0, 0.1) is 17.3 Å². The fourth-order valence-electron chi connectivity index (χ4n) is 6.71. The van der Waals surface area contributed by atoms with E-state index in [0.717, 1.165) is 30.4 Å². The highest BCUT2D eigenvalue weighted by molar-refractivity contribution is 5.79. The van der Waals surface area contributed by atoms with Gasteiger partial charge in [0.25, 0.3) is 0 Å². The van der Waals surface area contributed by atoms with E-state index in [1.165, 1.54) is 11.1 Å². The number of hydrogen-bond acceptors (Lipinski definition) is 3. The topological polar surface area (TPSA) is 75.6 Å². The molecule has 2 aromatic rings. The lowest BCUT2D eigenvalue weighted by Crippen LogP contribution is -2.62. The summed E-state index contributed by atoms with van der Waals surface area (Å²) in [4.78, 5) is 24.8. The second kappa shape index (κ2) is 7.11. The molecule has 31 heavy (non-hydrogen) atoms. The average Bonchev–Trinajstić information content (AvgIpc) is 3.39. The molecule has 2 N–H and O–H groups in total. The van der Waals surface area contributed by atoms with Crippen LogP contribution in [0.3, 0.4) is 0 Å². The largest absolute Gasteiger partial charge is 0.481 e. The summed E-state index contributed by atoms with van der Waals surface area (Å²) in [6.45, 7) is 4.44. The van der Waals surface area contributed by atoms with Gasteiger partial charge in [-0.05, 0) is 58.8 Å². The molecular weight excluding hydrogens is 390 g/mol. The van der Waals surface area contributed by atoms with Crippen LogP contribution in [-0.2, 0) is 9.53 Å². The third kappa shape index (κ3) is 2.97. The van der Waals surface area contributed by atoms with Crippen LogP contribution in [0.5, 0.6) is 0 Å². The number of carbonyl (C=O) groups is 2. The smallest absolute Gasteiger partial charge is 0.407 e. The molecule has 0 saturated heterocycles. The van der Waals surface area contributed by atoms with Crippen LogP contribution in [0.2, 0.25) is 0 Å². The molecule has 0 radical (unpaired) electrons. The predicted octanol–water partition coefficient (Wildman–Crippen LogP) is 5.19. The van der Waals surface area contributed by atoms with Gasteiger partial charge in [-0.15, -0.1) is 0 Å². The molecule has 0 spiro atoms. The van der Waals surface area contributed by atoms with Gasteiger partial charge < -0.3 is 15.2 Å².